The molecule has 1 aliphatic rings. The van der Waals surface area contributed by atoms with Gasteiger partial charge in [0.25, 0.3) is 0 Å². The molecule has 0 spiro atoms. The molecular weight excluding hydrogens is 312 g/mol. The SMILES string of the molecule is CCN(C)C(=O)C1(c2ccccc2)CCN(S(=O)(=O)CC)CC1. The molecule has 5 nitrogen and oxygen atoms in total. The molecule has 0 bridgehead atoms. The first-order chi connectivity index (χ1) is 10.9. The largest absolute Gasteiger partial charge is 0.345 e. The molecule has 6 heteroatoms. The van der Waals surface area contributed by atoms with Crippen LogP contribution in [0, 0.1) is 0 Å². The number of sulfonamides is 1. The van der Waals surface area contributed by atoms with Gasteiger partial charge in [-0.2, -0.15) is 0 Å². The van der Waals surface area contributed by atoms with Crippen LogP contribution in [0.4, 0.5) is 0 Å². The maximum Gasteiger partial charge on any atom is 0.233 e. The highest BCUT2D eigenvalue weighted by Gasteiger charge is 2.45. The van der Waals surface area contributed by atoms with Gasteiger partial charge in [-0.3, -0.25) is 4.79 Å². The molecule has 128 valence electrons. The first-order valence-corrected chi connectivity index (χ1v) is 9.77. The van der Waals surface area contributed by atoms with E-state index in [1.807, 2.05) is 44.3 Å². The molecule has 1 heterocycles. The minimum Gasteiger partial charge on any atom is -0.345 e. The van der Waals surface area contributed by atoms with Crippen LogP contribution in [0.5, 0.6) is 0 Å². The molecule has 0 radical (unpaired) electrons. The van der Waals surface area contributed by atoms with Crippen molar-refractivity contribution in [3.05, 3.63) is 35.9 Å². The number of carbonyl (C=O) groups is 1. The summed E-state index contributed by atoms with van der Waals surface area (Å²) in [6, 6.07) is 9.76. The van der Waals surface area contributed by atoms with E-state index < -0.39 is 15.4 Å². The third-order valence-corrected chi connectivity index (χ3v) is 6.77. The number of likely N-dealkylation sites (N-methyl/N-ethyl adjacent to an activating group) is 1. The van der Waals surface area contributed by atoms with Gasteiger partial charge < -0.3 is 4.90 Å². The van der Waals surface area contributed by atoms with Gasteiger partial charge in [-0.1, -0.05) is 30.3 Å². The van der Waals surface area contributed by atoms with Crippen molar-refractivity contribution in [2.45, 2.75) is 32.1 Å². The van der Waals surface area contributed by atoms with Crippen LogP contribution < -0.4 is 0 Å². The molecule has 0 aromatic heterocycles. The number of hydrogen-bond donors (Lipinski definition) is 0. The highest BCUT2D eigenvalue weighted by atomic mass is 32.2. The lowest BCUT2D eigenvalue weighted by atomic mass is 9.72. The third-order valence-electron chi connectivity index (χ3n) is 4.89. The summed E-state index contributed by atoms with van der Waals surface area (Å²) in [5.74, 6) is 0.188. The molecule has 23 heavy (non-hydrogen) atoms. The highest BCUT2D eigenvalue weighted by Crippen LogP contribution is 2.38. The standard InChI is InChI=1S/C17H26N2O3S/c1-4-18(3)16(20)17(15-9-7-6-8-10-15)11-13-19(14-12-17)23(21,22)5-2/h6-10H,4-5,11-14H2,1-3H3. The normalized spacial score (nSPS) is 18.6. The fourth-order valence-corrected chi connectivity index (χ4v) is 4.32. The molecule has 1 fully saturated rings. The lowest BCUT2D eigenvalue weighted by molar-refractivity contribution is -0.137. The van der Waals surface area contributed by atoms with Gasteiger partial charge in [0.2, 0.25) is 15.9 Å². The lowest BCUT2D eigenvalue weighted by Crippen LogP contribution is -2.53. The Hall–Kier alpha value is -1.40. The summed E-state index contributed by atoms with van der Waals surface area (Å²) >= 11 is 0. The second kappa shape index (κ2) is 7.01. The van der Waals surface area contributed by atoms with Crippen LogP contribution in [0.3, 0.4) is 0 Å². The average Bonchev–Trinajstić information content (AvgIpc) is 2.61. The molecule has 1 aliphatic heterocycles. The molecule has 0 unspecified atom stereocenters. The van der Waals surface area contributed by atoms with E-state index in [0.29, 0.717) is 32.5 Å². The molecule has 0 atom stereocenters. The smallest absolute Gasteiger partial charge is 0.233 e. The minimum absolute atomic E-state index is 0.0831. The van der Waals surface area contributed by atoms with Crippen molar-refractivity contribution in [1.29, 1.82) is 0 Å². The van der Waals surface area contributed by atoms with Gasteiger partial charge in [0.1, 0.15) is 0 Å². The van der Waals surface area contributed by atoms with E-state index >= 15 is 0 Å². The van der Waals surface area contributed by atoms with Crippen LogP contribution in [-0.4, -0.2) is 56.0 Å². The Balaban J connectivity index is 2.34. The number of carbonyl (C=O) groups excluding carboxylic acids is 1. The number of hydrogen-bond acceptors (Lipinski definition) is 3. The Morgan fingerprint density at radius 3 is 2.22 bits per heavy atom. The molecular formula is C17H26N2O3S. The predicted molar refractivity (Wildman–Crippen MR) is 91.7 cm³/mol. The van der Waals surface area contributed by atoms with Crippen molar-refractivity contribution >= 4 is 15.9 Å². The van der Waals surface area contributed by atoms with E-state index in [2.05, 4.69) is 0 Å². The van der Waals surface area contributed by atoms with E-state index in [1.54, 1.807) is 11.8 Å². The van der Waals surface area contributed by atoms with Crippen LogP contribution in [0.1, 0.15) is 32.3 Å². The van der Waals surface area contributed by atoms with E-state index in [1.165, 1.54) is 4.31 Å². The Morgan fingerprint density at radius 1 is 1.17 bits per heavy atom. The Labute approximate surface area is 139 Å². The minimum atomic E-state index is -3.20. The van der Waals surface area contributed by atoms with Crippen molar-refractivity contribution in [3.63, 3.8) is 0 Å². The van der Waals surface area contributed by atoms with Gasteiger partial charge in [-0.05, 0) is 32.3 Å². The van der Waals surface area contributed by atoms with Gasteiger partial charge in [0.05, 0.1) is 11.2 Å². The van der Waals surface area contributed by atoms with Crippen molar-refractivity contribution in [3.8, 4) is 0 Å². The molecule has 1 aromatic rings. The highest BCUT2D eigenvalue weighted by molar-refractivity contribution is 7.89. The summed E-state index contributed by atoms with van der Waals surface area (Å²) in [5, 5.41) is 0. The predicted octanol–water partition coefficient (Wildman–Crippen LogP) is 1.85. The van der Waals surface area contributed by atoms with Gasteiger partial charge >= 0.3 is 0 Å². The van der Waals surface area contributed by atoms with E-state index in [4.69, 9.17) is 0 Å². The van der Waals surface area contributed by atoms with Gasteiger partial charge in [-0.25, -0.2) is 12.7 Å². The average molecular weight is 338 g/mol. The molecule has 2 rings (SSSR count). The van der Waals surface area contributed by atoms with Crippen LogP contribution in [0.15, 0.2) is 30.3 Å². The quantitative estimate of drug-likeness (QED) is 0.823. The van der Waals surface area contributed by atoms with E-state index in [-0.39, 0.29) is 11.7 Å². The topological polar surface area (TPSA) is 57.7 Å². The van der Waals surface area contributed by atoms with E-state index in [0.717, 1.165) is 5.56 Å². The zero-order chi connectivity index (χ0) is 17.1. The van der Waals surface area contributed by atoms with Crippen molar-refractivity contribution < 1.29 is 13.2 Å². The Morgan fingerprint density at radius 2 is 1.74 bits per heavy atom. The summed E-state index contributed by atoms with van der Waals surface area (Å²) in [4.78, 5) is 14.8. The second-order valence-corrected chi connectivity index (χ2v) is 8.32. The zero-order valence-corrected chi connectivity index (χ0v) is 15.0. The summed E-state index contributed by atoms with van der Waals surface area (Å²) in [7, 11) is -1.39. The zero-order valence-electron chi connectivity index (χ0n) is 14.2. The number of nitrogens with zero attached hydrogens (tertiary/aromatic N) is 2. The van der Waals surface area contributed by atoms with Gasteiger partial charge in [-0.15, -0.1) is 0 Å². The summed E-state index contributed by atoms with van der Waals surface area (Å²) in [5.41, 5.74) is 0.366. The monoisotopic (exact) mass is 338 g/mol. The molecule has 1 amide bonds. The number of piperidine rings is 1. The van der Waals surface area contributed by atoms with Crippen LogP contribution >= 0.6 is 0 Å². The molecule has 0 saturated carbocycles. The first kappa shape index (κ1) is 17.9. The fourth-order valence-electron chi connectivity index (χ4n) is 3.22. The fraction of sp³-hybridized carbons (Fsp3) is 0.588. The van der Waals surface area contributed by atoms with Gasteiger partial charge in [0, 0.05) is 26.7 Å². The maximum absolute atomic E-state index is 13.0. The molecule has 1 saturated heterocycles. The molecule has 0 N–H and O–H groups in total. The molecule has 1 aromatic carbocycles. The summed E-state index contributed by atoms with van der Waals surface area (Å²) in [6.45, 7) is 5.05. The van der Waals surface area contributed by atoms with Crippen molar-refractivity contribution in [1.82, 2.24) is 9.21 Å². The van der Waals surface area contributed by atoms with Crippen molar-refractivity contribution in [2.75, 3.05) is 32.4 Å². The van der Waals surface area contributed by atoms with E-state index in [9.17, 15) is 13.2 Å². The molecule has 0 aliphatic carbocycles. The van der Waals surface area contributed by atoms with Crippen molar-refractivity contribution in [2.24, 2.45) is 0 Å². The van der Waals surface area contributed by atoms with Crippen LogP contribution in [0.25, 0.3) is 0 Å². The summed E-state index contributed by atoms with van der Waals surface area (Å²) in [6.07, 6.45) is 1.05. The number of amides is 1. The van der Waals surface area contributed by atoms with Gasteiger partial charge in [0.15, 0.2) is 0 Å². The van der Waals surface area contributed by atoms with Crippen LogP contribution in [-0.2, 0) is 20.2 Å². The summed E-state index contributed by atoms with van der Waals surface area (Å²) < 4.78 is 25.7. The second-order valence-electron chi connectivity index (χ2n) is 6.07. The third kappa shape index (κ3) is 3.43. The lowest BCUT2D eigenvalue weighted by Gasteiger charge is -2.42. The van der Waals surface area contributed by atoms with Crippen LogP contribution in [0.2, 0.25) is 0 Å². The first-order valence-electron chi connectivity index (χ1n) is 8.16. The number of rotatable bonds is 5. The maximum atomic E-state index is 13.0. The Kier molecular flexibility index (Phi) is 5.47. The Bertz CT molecular complexity index is 635. The number of benzene rings is 1.